The van der Waals surface area contributed by atoms with E-state index in [0.717, 1.165) is 36.2 Å². The largest absolute Gasteiger partial charge is 0.377 e. The Morgan fingerprint density at radius 2 is 2.19 bits per heavy atom. The maximum Gasteiger partial charge on any atom is 0.248 e. The highest BCUT2D eigenvalue weighted by Gasteiger charge is 2.21. The van der Waals surface area contributed by atoms with Gasteiger partial charge in [-0.1, -0.05) is 11.6 Å². The molecule has 0 saturated carbocycles. The average Bonchev–Trinajstić information content (AvgIpc) is 2.47. The number of halogens is 1. The van der Waals surface area contributed by atoms with E-state index in [-0.39, 0.29) is 11.6 Å². The van der Waals surface area contributed by atoms with Gasteiger partial charge >= 0.3 is 0 Å². The first-order chi connectivity index (χ1) is 10.2. The van der Waals surface area contributed by atoms with Crippen molar-refractivity contribution in [3.63, 3.8) is 0 Å². The Morgan fingerprint density at radius 3 is 3.00 bits per heavy atom. The van der Waals surface area contributed by atoms with E-state index in [2.05, 4.69) is 16.4 Å². The highest BCUT2D eigenvalue weighted by molar-refractivity contribution is 6.30. The molecule has 5 heteroatoms. The van der Waals surface area contributed by atoms with Crippen LogP contribution >= 0.6 is 11.6 Å². The summed E-state index contributed by atoms with van der Waals surface area (Å²) in [5, 5.41) is 13.2. The van der Waals surface area contributed by atoms with Crippen LogP contribution in [0.3, 0.4) is 0 Å². The fourth-order valence-corrected chi connectivity index (χ4v) is 2.94. The SMILES string of the molecule is N#Cc1ccc(Cl)cc1NC1CCCc2[nH]c(=O)ccc21. The van der Waals surface area contributed by atoms with Crippen molar-refractivity contribution < 1.29 is 0 Å². The topological polar surface area (TPSA) is 68.7 Å². The molecule has 2 N–H and O–H groups in total. The van der Waals surface area contributed by atoms with E-state index in [1.54, 1.807) is 24.3 Å². The molecule has 1 aliphatic rings. The molecule has 1 unspecified atom stereocenters. The van der Waals surface area contributed by atoms with Crippen molar-refractivity contribution in [1.82, 2.24) is 4.98 Å². The number of nitrogens with one attached hydrogen (secondary N) is 2. The Balaban J connectivity index is 1.96. The number of hydrogen-bond acceptors (Lipinski definition) is 3. The number of aromatic amines is 1. The van der Waals surface area contributed by atoms with E-state index in [0.29, 0.717) is 10.6 Å². The summed E-state index contributed by atoms with van der Waals surface area (Å²) in [6.07, 6.45) is 2.83. The molecule has 0 spiro atoms. The highest BCUT2D eigenvalue weighted by Crippen LogP contribution is 2.32. The number of aromatic nitrogens is 1. The lowest BCUT2D eigenvalue weighted by Gasteiger charge is -2.27. The Morgan fingerprint density at radius 1 is 1.33 bits per heavy atom. The van der Waals surface area contributed by atoms with Crippen LogP contribution in [0, 0.1) is 11.3 Å². The van der Waals surface area contributed by atoms with Crippen molar-refractivity contribution in [1.29, 1.82) is 5.26 Å². The van der Waals surface area contributed by atoms with Gasteiger partial charge in [-0.2, -0.15) is 5.26 Å². The van der Waals surface area contributed by atoms with Crippen LogP contribution in [0.1, 0.15) is 35.7 Å². The average molecular weight is 300 g/mol. The Bertz CT molecular complexity index is 776. The lowest BCUT2D eigenvalue weighted by molar-refractivity contribution is 0.587. The third-order valence-corrected chi connectivity index (χ3v) is 4.00. The zero-order valence-electron chi connectivity index (χ0n) is 11.3. The molecule has 1 aromatic carbocycles. The third-order valence-electron chi connectivity index (χ3n) is 3.76. The maximum atomic E-state index is 11.4. The van der Waals surface area contributed by atoms with Gasteiger partial charge in [0.1, 0.15) is 6.07 Å². The second-order valence-electron chi connectivity index (χ2n) is 5.15. The molecule has 1 aliphatic carbocycles. The molecule has 4 nitrogen and oxygen atoms in total. The standard InChI is InChI=1S/C16H14ClN3O/c17-11-5-4-10(9-18)15(8-11)19-13-2-1-3-14-12(13)6-7-16(21)20-14/h4-8,13,19H,1-3H2,(H,20,21). The summed E-state index contributed by atoms with van der Waals surface area (Å²) in [5.74, 6) is 0. The number of anilines is 1. The predicted octanol–water partition coefficient (Wildman–Crippen LogP) is 3.39. The van der Waals surface area contributed by atoms with Gasteiger partial charge in [0.15, 0.2) is 0 Å². The van der Waals surface area contributed by atoms with Crippen LogP contribution in [0.5, 0.6) is 0 Å². The number of fused-ring (bicyclic) bond motifs is 1. The van der Waals surface area contributed by atoms with Crippen LogP contribution in [0.2, 0.25) is 5.02 Å². The number of benzene rings is 1. The number of pyridine rings is 1. The van der Waals surface area contributed by atoms with Gasteiger partial charge in [-0.25, -0.2) is 0 Å². The Labute approximate surface area is 127 Å². The molecule has 0 amide bonds. The lowest BCUT2D eigenvalue weighted by Crippen LogP contribution is -2.21. The Kier molecular flexibility index (Phi) is 3.68. The zero-order chi connectivity index (χ0) is 14.8. The van der Waals surface area contributed by atoms with Crippen molar-refractivity contribution in [2.45, 2.75) is 25.3 Å². The monoisotopic (exact) mass is 299 g/mol. The summed E-state index contributed by atoms with van der Waals surface area (Å²) in [5.41, 5.74) is 3.29. The van der Waals surface area contributed by atoms with E-state index in [9.17, 15) is 10.1 Å². The summed E-state index contributed by atoms with van der Waals surface area (Å²) in [7, 11) is 0. The molecule has 2 aromatic rings. The van der Waals surface area contributed by atoms with Gasteiger partial charge in [-0.15, -0.1) is 0 Å². The molecule has 1 heterocycles. The molecule has 0 radical (unpaired) electrons. The van der Waals surface area contributed by atoms with E-state index in [1.165, 1.54) is 0 Å². The van der Waals surface area contributed by atoms with Gasteiger partial charge in [-0.3, -0.25) is 4.79 Å². The van der Waals surface area contributed by atoms with Crippen molar-refractivity contribution >= 4 is 17.3 Å². The van der Waals surface area contributed by atoms with Crippen LogP contribution in [0.15, 0.2) is 35.1 Å². The Hall–Kier alpha value is -2.25. The van der Waals surface area contributed by atoms with Crippen LogP contribution < -0.4 is 10.9 Å². The van der Waals surface area contributed by atoms with Crippen LogP contribution in [-0.4, -0.2) is 4.98 Å². The van der Waals surface area contributed by atoms with Gasteiger partial charge in [0.2, 0.25) is 5.56 Å². The predicted molar refractivity (Wildman–Crippen MR) is 82.5 cm³/mol. The van der Waals surface area contributed by atoms with E-state index >= 15 is 0 Å². The second-order valence-corrected chi connectivity index (χ2v) is 5.58. The van der Waals surface area contributed by atoms with Gasteiger partial charge in [0, 0.05) is 16.8 Å². The fraction of sp³-hybridized carbons (Fsp3) is 0.250. The minimum absolute atomic E-state index is 0.0742. The van der Waals surface area contributed by atoms with Crippen molar-refractivity contribution in [3.05, 3.63) is 62.5 Å². The molecule has 0 saturated heterocycles. The van der Waals surface area contributed by atoms with Gasteiger partial charge in [-0.05, 0) is 49.1 Å². The van der Waals surface area contributed by atoms with Gasteiger partial charge < -0.3 is 10.3 Å². The molecule has 0 bridgehead atoms. The molecule has 21 heavy (non-hydrogen) atoms. The molecule has 3 rings (SSSR count). The molecule has 106 valence electrons. The first kappa shape index (κ1) is 13.7. The molecule has 0 aliphatic heterocycles. The summed E-state index contributed by atoms with van der Waals surface area (Å²) in [6, 6.07) is 10.8. The number of rotatable bonds is 2. The van der Waals surface area contributed by atoms with Crippen LogP contribution in [0.4, 0.5) is 5.69 Å². The molecular weight excluding hydrogens is 286 g/mol. The van der Waals surface area contributed by atoms with Gasteiger partial charge in [0.05, 0.1) is 17.3 Å². The quantitative estimate of drug-likeness (QED) is 0.893. The van der Waals surface area contributed by atoms with Crippen LogP contribution in [-0.2, 0) is 6.42 Å². The van der Waals surface area contributed by atoms with E-state index < -0.39 is 0 Å². The molecule has 1 atom stereocenters. The molecule has 1 aromatic heterocycles. The first-order valence-electron chi connectivity index (χ1n) is 6.85. The minimum Gasteiger partial charge on any atom is -0.377 e. The normalized spacial score (nSPS) is 16.9. The summed E-state index contributed by atoms with van der Waals surface area (Å²) in [6.45, 7) is 0. The van der Waals surface area contributed by atoms with E-state index in [1.807, 2.05) is 6.07 Å². The number of H-pyrrole nitrogens is 1. The summed E-state index contributed by atoms with van der Waals surface area (Å²) >= 11 is 6.02. The van der Waals surface area contributed by atoms with Gasteiger partial charge in [0.25, 0.3) is 0 Å². The van der Waals surface area contributed by atoms with Crippen molar-refractivity contribution in [3.8, 4) is 6.07 Å². The number of hydrogen-bond donors (Lipinski definition) is 2. The summed E-state index contributed by atoms with van der Waals surface area (Å²) < 4.78 is 0. The maximum absolute atomic E-state index is 11.4. The second kappa shape index (κ2) is 5.63. The number of nitriles is 1. The highest BCUT2D eigenvalue weighted by atomic mass is 35.5. The lowest BCUT2D eigenvalue weighted by atomic mass is 9.91. The smallest absolute Gasteiger partial charge is 0.248 e. The number of aryl methyl sites for hydroxylation is 1. The first-order valence-corrected chi connectivity index (χ1v) is 7.23. The molecule has 0 fully saturated rings. The molecular formula is C16H14ClN3O. The van der Waals surface area contributed by atoms with Crippen molar-refractivity contribution in [2.24, 2.45) is 0 Å². The fourth-order valence-electron chi connectivity index (χ4n) is 2.77. The third kappa shape index (κ3) is 2.79. The summed E-state index contributed by atoms with van der Waals surface area (Å²) in [4.78, 5) is 14.3. The van der Waals surface area contributed by atoms with Crippen molar-refractivity contribution in [2.75, 3.05) is 5.32 Å². The zero-order valence-corrected chi connectivity index (χ0v) is 12.1. The van der Waals surface area contributed by atoms with Crippen LogP contribution in [0.25, 0.3) is 0 Å². The van der Waals surface area contributed by atoms with E-state index in [4.69, 9.17) is 11.6 Å². The number of nitrogens with zero attached hydrogens (tertiary/aromatic N) is 1. The minimum atomic E-state index is -0.0742.